The highest BCUT2D eigenvalue weighted by Crippen LogP contribution is 2.19. The smallest absolute Gasteiger partial charge is 0.275 e. The van der Waals surface area contributed by atoms with Crippen molar-refractivity contribution in [2.45, 2.75) is 38.1 Å². The van der Waals surface area contributed by atoms with E-state index in [1.165, 1.54) is 12.1 Å². The number of nitrogens with one attached hydrogen (secondary N) is 1. The second-order valence-electron chi connectivity index (χ2n) is 7.24. The third-order valence-corrected chi connectivity index (χ3v) is 6.57. The molecule has 1 N–H and O–H groups in total. The third-order valence-electron chi connectivity index (χ3n) is 4.92. The largest absolute Gasteiger partial charge is 0.285 e. The van der Waals surface area contributed by atoms with Gasteiger partial charge < -0.3 is 0 Å². The zero-order valence-electron chi connectivity index (χ0n) is 16.8. The zero-order valence-corrected chi connectivity index (χ0v) is 18.4. The third kappa shape index (κ3) is 4.32. The first-order valence-electron chi connectivity index (χ1n) is 9.25. The molecule has 8 heteroatoms. The highest BCUT2D eigenvalue weighted by molar-refractivity contribution is 7.89. The van der Waals surface area contributed by atoms with Crippen LogP contribution in [-0.4, -0.2) is 17.8 Å². The molecule has 6 nitrogen and oxygen atoms in total. The van der Waals surface area contributed by atoms with E-state index in [9.17, 15) is 13.2 Å². The maximum absolute atomic E-state index is 12.8. The molecule has 0 atom stereocenters. The van der Waals surface area contributed by atoms with Crippen molar-refractivity contribution >= 4 is 21.6 Å². The predicted molar refractivity (Wildman–Crippen MR) is 115 cm³/mol. The molecular weight excluding hydrogens is 410 g/mol. The molecule has 0 amide bonds. The van der Waals surface area contributed by atoms with Gasteiger partial charge in [-0.3, -0.25) is 9.48 Å². The van der Waals surface area contributed by atoms with Crippen LogP contribution in [0.4, 0.5) is 0 Å². The number of hydrogen-bond acceptors (Lipinski definition) is 3. The van der Waals surface area contributed by atoms with Gasteiger partial charge in [-0.2, -0.15) is 0 Å². The molecular formula is C21H24ClN3O3S. The highest BCUT2D eigenvalue weighted by atomic mass is 35.5. The number of sulfonamides is 1. The van der Waals surface area contributed by atoms with Gasteiger partial charge in [-0.1, -0.05) is 37.6 Å². The topological polar surface area (TPSA) is 73.1 Å². The van der Waals surface area contributed by atoms with Crippen LogP contribution < -0.4 is 10.3 Å². The maximum atomic E-state index is 12.8. The molecule has 1 heterocycles. The Labute approximate surface area is 175 Å². The van der Waals surface area contributed by atoms with E-state index in [-0.39, 0.29) is 22.9 Å². The summed E-state index contributed by atoms with van der Waals surface area (Å²) in [6, 6.07) is 13.3. The first-order chi connectivity index (χ1) is 13.6. The Balaban J connectivity index is 1.87. The van der Waals surface area contributed by atoms with Crippen LogP contribution in [0.3, 0.4) is 0 Å². The summed E-state index contributed by atoms with van der Waals surface area (Å²) in [5.74, 6) is 0.102. The van der Waals surface area contributed by atoms with E-state index in [4.69, 9.17) is 11.6 Å². The van der Waals surface area contributed by atoms with E-state index < -0.39 is 10.0 Å². The summed E-state index contributed by atoms with van der Waals surface area (Å²) >= 11 is 5.94. The van der Waals surface area contributed by atoms with Crippen molar-refractivity contribution in [1.82, 2.24) is 14.1 Å². The summed E-state index contributed by atoms with van der Waals surface area (Å²) in [4.78, 5) is 13.0. The molecule has 1 aromatic heterocycles. The molecule has 2 aromatic carbocycles. The van der Waals surface area contributed by atoms with Gasteiger partial charge in [0.15, 0.2) is 0 Å². The average Bonchev–Trinajstić information content (AvgIpc) is 2.89. The van der Waals surface area contributed by atoms with Gasteiger partial charge in [-0.05, 0) is 54.8 Å². The van der Waals surface area contributed by atoms with Crippen molar-refractivity contribution in [1.29, 1.82) is 0 Å². The first kappa shape index (κ1) is 21.4. The van der Waals surface area contributed by atoms with E-state index in [1.807, 2.05) is 27.8 Å². The quantitative estimate of drug-likeness (QED) is 0.643. The lowest BCUT2D eigenvalue weighted by Crippen LogP contribution is -2.24. The maximum Gasteiger partial charge on any atom is 0.275 e. The summed E-state index contributed by atoms with van der Waals surface area (Å²) in [5.41, 5.74) is 2.94. The standard InChI is InChI=1S/C21H24ClN3O3S/c1-14(2)20-15(3)24(4)25(21(20)26)18-8-10-19(11-9-18)29(27,28)23-13-16-6-5-7-17(22)12-16/h5-12,14,23H,13H2,1-4H3. The van der Waals surface area contributed by atoms with Gasteiger partial charge in [0.2, 0.25) is 10.0 Å². The number of hydrogen-bond donors (Lipinski definition) is 1. The van der Waals surface area contributed by atoms with Crippen molar-refractivity contribution in [3.63, 3.8) is 0 Å². The molecule has 0 fully saturated rings. The molecule has 0 spiro atoms. The monoisotopic (exact) mass is 433 g/mol. The van der Waals surface area contributed by atoms with Gasteiger partial charge in [-0.25, -0.2) is 17.8 Å². The second-order valence-corrected chi connectivity index (χ2v) is 9.45. The highest BCUT2D eigenvalue weighted by Gasteiger charge is 2.19. The van der Waals surface area contributed by atoms with Crippen molar-refractivity contribution in [3.05, 3.63) is 80.7 Å². The summed E-state index contributed by atoms with van der Waals surface area (Å²) < 4.78 is 31.1. The zero-order chi connectivity index (χ0) is 21.3. The van der Waals surface area contributed by atoms with Crippen LogP contribution >= 0.6 is 11.6 Å². The van der Waals surface area contributed by atoms with Gasteiger partial charge in [-0.15, -0.1) is 0 Å². The second kappa shape index (κ2) is 8.18. The number of nitrogens with zero attached hydrogens (tertiary/aromatic N) is 2. The first-order valence-corrected chi connectivity index (χ1v) is 11.1. The Kier molecular flexibility index (Phi) is 6.03. The summed E-state index contributed by atoms with van der Waals surface area (Å²) in [6.45, 7) is 6.01. The van der Waals surface area contributed by atoms with Crippen LogP contribution in [0.5, 0.6) is 0 Å². The Morgan fingerprint density at radius 1 is 1.10 bits per heavy atom. The van der Waals surface area contributed by atoms with Gasteiger partial charge >= 0.3 is 0 Å². The molecule has 0 aliphatic heterocycles. The van der Waals surface area contributed by atoms with Crippen LogP contribution in [0.25, 0.3) is 5.69 Å². The molecule has 0 saturated heterocycles. The Morgan fingerprint density at radius 3 is 2.31 bits per heavy atom. The normalized spacial score (nSPS) is 11.9. The van der Waals surface area contributed by atoms with E-state index >= 15 is 0 Å². The SMILES string of the molecule is Cc1c(C(C)C)c(=O)n(-c2ccc(S(=O)(=O)NCc3cccc(Cl)c3)cc2)n1C. The van der Waals surface area contributed by atoms with Crippen LogP contribution in [0.2, 0.25) is 5.02 Å². The Morgan fingerprint density at radius 2 is 1.76 bits per heavy atom. The fourth-order valence-electron chi connectivity index (χ4n) is 3.36. The lowest BCUT2D eigenvalue weighted by Gasteiger charge is -2.10. The van der Waals surface area contributed by atoms with Crippen molar-refractivity contribution in [3.8, 4) is 5.69 Å². The van der Waals surface area contributed by atoms with Crippen molar-refractivity contribution in [2.75, 3.05) is 0 Å². The molecule has 0 saturated carbocycles. The predicted octanol–water partition coefficient (Wildman–Crippen LogP) is 3.74. The number of benzene rings is 2. The lowest BCUT2D eigenvalue weighted by atomic mass is 10.0. The number of halogens is 1. The molecule has 29 heavy (non-hydrogen) atoms. The van der Waals surface area contributed by atoms with E-state index in [0.29, 0.717) is 10.7 Å². The van der Waals surface area contributed by atoms with Crippen LogP contribution in [0.15, 0.2) is 58.2 Å². The van der Waals surface area contributed by atoms with Gasteiger partial charge in [0.05, 0.1) is 10.6 Å². The summed E-state index contributed by atoms with van der Waals surface area (Å²) in [5, 5.41) is 0.551. The van der Waals surface area contributed by atoms with Gasteiger partial charge in [0.1, 0.15) is 0 Å². The summed E-state index contributed by atoms with van der Waals surface area (Å²) in [6.07, 6.45) is 0. The fraction of sp³-hybridized carbons (Fsp3) is 0.286. The Hall–Kier alpha value is -2.35. The minimum absolute atomic E-state index is 0.0883. The van der Waals surface area contributed by atoms with Crippen LogP contribution in [-0.2, 0) is 23.6 Å². The van der Waals surface area contributed by atoms with Crippen molar-refractivity contribution < 1.29 is 8.42 Å². The molecule has 0 bridgehead atoms. The Bertz CT molecular complexity index is 1190. The minimum atomic E-state index is -3.69. The van der Waals surface area contributed by atoms with E-state index in [2.05, 4.69) is 4.72 Å². The molecule has 3 aromatic rings. The number of aromatic nitrogens is 2. The molecule has 154 valence electrons. The van der Waals surface area contributed by atoms with Crippen molar-refractivity contribution in [2.24, 2.45) is 7.05 Å². The number of rotatable bonds is 6. The minimum Gasteiger partial charge on any atom is -0.285 e. The van der Waals surface area contributed by atoms with E-state index in [1.54, 1.807) is 45.8 Å². The summed E-state index contributed by atoms with van der Waals surface area (Å²) in [7, 11) is -1.87. The van der Waals surface area contributed by atoms with Crippen LogP contribution in [0, 0.1) is 6.92 Å². The molecule has 0 radical (unpaired) electrons. The van der Waals surface area contributed by atoms with Crippen LogP contribution in [0.1, 0.15) is 36.6 Å². The molecule has 3 rings (SSSR count). The lowest BCUT2D eigenvalue weighted by molar-refractivity contribution is 0.581. The van der Waals surface area contributed by atoms with Gasteiger partial charge in [0, 0.05) is 29.9 Å². The molecule has 0 unspecified atom stereocenters. The van der Waals surface area contributed by atoms with Gasteiger partial charge in [0.25, 0.3) is 5.56 Å². The molecule has 0 aliphatic carbocycles. The molecule has 0 aliphatic rings. The average molecular weight is 434 g/mol. The fourth-order valence-corrected chi connectivity index (χ4v) is 4.59. The van der Waals surface area contributed by atoms with E-state index in [0.717, 1.165) is 16.8 Å².